The molecule has 1 heterocycles. The molecule has 3 heteroatoms. The molecule has 0 saturated heterocycles. The van der Waals surface area contributed by atoms with Crippen molar-refractivity contribution in [1.29, 1.82) is 0 Å². The maximum absolute atomic E-state index is 5.40. The van der Waals surface area contributed by atoms with E-state index in [2.05, 4.69) is 12.6 Å². The van der Waals surface area contributed by atoms with Gasteiger partial charge in [-0.1, -0.05) is 30.9 Å². The van der Waals surface area contributed by atoms with E-state index in [0.29, 0.717) is 0 Å². The molecule has 0 radical (unpaired) electrons. The Morgan fingerprint density at radius 1 is 1.04 bits per heavy atom. The van der Waals surface area contributed by atoms with Crippen LogP contribution in [-0.2, 0) is 0 Å². The van der Waals surface area contributed by atoms with Crippen molar-refractivity contribution >= 4 is 23.6 Å². The molecule has 114 valence electrons. The van der Waals surface area contributed by atoms with Crippen molar-refractivity contribution in [3.8, 4) is 17.0 Å². The number of pyridine rings is 1. The third-order valence-corrected chi connectivity index (χ3v) is 3.78. The quantitative estimate of drug-likeness (QED) is 0.809. The van der Waals surface area contributed by atoms with E-state index in [1.165, 1.54) is 6.20 Å². The molecule has 2 aromatic carbocycles. The Bertz CT molecular complexity index is 973. The van der Waals surface area contributed by atoms with Gasteiger partial charge < -0.3 is 10.5 Å². The highest BCUT2D eigenvalue weighted by Gasteiger charge is 2.03. The van der Waals surface area contributed by atoms with Gasteiger partial charge in [-0.15, -0.1) is 0 Å². The molecule has 1 aromatic heterocycles. The van der Waals surface area contributed by atoms with Gasteiger partial charge in [0.2, 0.25) is 0 Å². The maximum Gasteiger partial charge on any atom is 0.118 e. The van der Waals surface area contributed by atoms with Gasteiger partial charge in [-0.2, -0.15) is 0 Å². The lowest BCUT2D eigenvalue weighted by molar-refractivity contribution is 0.415. The number of aromatic nitrogens is 1. The highest BCUT2D eigenvalue weighted by atomic mass is 16.5. The van der Waals surface area contributed by atoms with Crippen molar-refractivity contribution in [2.24, 2.45) is 5.73 Å². The van der Waals surface area contributed by atoms with Crippen molar-refractivity contribution in [1.82, 2.24) is 4.98 Å². The number of ether oxygens (including phenoxy) is 1. The third kappa shape index (κ3) is 2.94. The number of nitrogens with zero attached hydrogens (tertiary/aromatic N) is 1. The Balaban J connectivity index is 2.16. The summed E-state index contributed by atoms with van der Waals surface area (Å²) in [7, 11) is 1.66. The molecule has 3 nitrogen and oxygen atoms in total. The summed E-state index contributed by atoms with van der Waals surface area (Å²) >= 11 is 0. The van der Waals surface area contributed by atoms with E-state index < -0.39 is 0 Å². The molecule has 0 aliphatic heterocycles. The standard InChI is InChI=1S/C20H18N2O/c1-14-15(4-3-13-21)5-6-17-9-12-19(22-20(14)17)16-7-10-18(23-2)11-8-16/h3-13H,1,21H2,2H3/b13-3-,15-4-. The van der Waals surface area contributed by atoms with Crippen molar-refractivity contribution in [2.75, 3.05) is 7.11 Å². The van der Waals surface area contributed by atoms with Crippen molar-refractivity contribution in [3.63, 3.8) is 0 Å². The fraction of sp³-hybridized carbons (Fsp3) is 0.0500. The van der Waals surface area contributed by atoms with Crippen LogP contribution >= 0.6 is 0 Å². The van der Waals surface area contributed by atoms with Crippen LogP contribution in [0.4, 0.5) is 0 Å². The van der Waals surface area contributed by atoms with Crippen LogP contribution in [0.1, 0.15) is 0 Å². The fourth-order valence-electron chi connectivity index (χ4n) is 2.50. The van der Waals surface area contributed by atoms with Crippen molar-refractivity contribution in [2.45, 2.75) is 0 Å². The predicted molar refractivity (Wildman–Crippen MR) is 96.3 cm³/mol. The summed E-state index contributed by atoms with van der Waals surface area (Å²) in [6, 6.07) is 16.0. The van der Waals surface area contributed by atoms with E-state index >= 15 is 0 Å². The van der Waals surface area contributed by atoms with Crippen molar-refractivity contribution < 1.29 is 4.74 Å². The Kier molecular flexibility index (Phi) is 4.11. The molecular formula is C20H18N2O. The van der Waals surface area contributed by atoms with Gasteiger partial charge in [-0.25, -0.2) is 4.98 Å². The summed E-state index contributed by atoms with van der Waals surface area (Å²) in [5, 5.41) is 2.98. The molecule has 0 aliphatic carbocycles. The number of rotatable bonds is 3. The molecule has 3 rings (SSSR count). The van der Waals surface area contributed by atoms with E-state index in [-0.39, 0.29) is 0 Å². The number of hydrogen-bond acceptors (Lipinski definition) is 3. The van der Waals surface area contributed by atoms with E-state index in [1.807, 2.05) is 48.5 Å². The first kappa shape index (κ1) is 14.9. The first-order chi connectivity index (χ1) is 11.2. The number of hydrogen-bond donors (Lipinski definition) is 1. The molecule has 0 bridgehead atoms. The maximum atomic E-state index is 5.40. The summed E-state index contributed by atoms with van der Waals surface area (Å²) in [4.78, 5) is 4.79. The predicted octanol–water partition coefficient (Wildman–Crippen LogP) is 2.57. The van der Waals surface area contributed by atoms with E-state index in [4.69, 9.17) is 15.5 Å². The molecule has 0 atom stereocenters. The highest BCUT2D eigenvalue weighted by molar-refractivity contribution is 5.82. The zero-order valence-corrected chi connectivity index (χ0v) is 13.0. The minimum absolute atomic E-state index is 0.831. The molecule has 0 fully saturated rings. The Labute approximate surface area is 135 Å². The average Bonchev–Trinajstić information content (AvgIpc) is 2.61. The number of fused-ring (bicyclic) bond motifs is 1. The lowest BCUT2D eigenvalue weighted by Gasteiger charge is -2.05. The Morgan fingerprint density at radius 3 is 2.48 bits per heavy atom. The second kappa shape index (κ2) is 6.36. The van der Waals surface area contributed by atoms with Crippen LogP contribution in [0.25, 0.3) is 34.8 Å². The molecule has 23 heavy (non-hydrogen) atoms. The van der Waals surface area contributed by atoms with Gasteiger partial charge >= 0.3 is 0 Å². The molecular weight excluding hydrogens is 284 g/mol. The number of allylic oxidation sites excluding steroid dienone is 1. The van der Waals surface area contributed by atoms with Crippen molar-refractivity contribution in [3.05, 3.63) is 71.2 Å². The lowest BCUT2D eigenvalue weighted by Crippen LogP contribution is -2.24. The van der Waals surface area contributed by atoms with E-state index in [0.717, 1.165) is 38.3 Å². The van der Waals surface area contributed by atoms with E-state index in [9.17, 15) is 0 Å². The van der Waals surface area contributed by atoms with Crippen LogP contribution in [0.15, 0.2) is 60.8 Å². The van der Waals surface area contributed by atoms with Gasteiger partial charge in [0.15, 0.2) is 0 Å². The van der Waals surface area contributed by atoms with Crippen LogP contribution in [0.3, 0.4) is 0 Å². The van der Waals surface area contributed by atoms with Crippen LogP contribution in [0.5, 0.6) is 5.75 Å². The monoisotopic (exact) mass is 302 g/mol. The van der Waals surface area contributed by atoms with E-state index in [1.54, 1.807) is 13.2 Å². The lowest BCUT2D eigenvalue weighted by atomic mass is 10.1. The van der Waals surface area contributed by atoms with Gasteiger partial charge in [-0.3, -0.25) is 0 Å². The number of nitrogens with two attached hydrogens (primary N) is 1. The molecule has 3 aromatic rings. The summed E-state index contributed by atoms with van der Waals surface area (Å²) in [5.74, 6) is 0.831. The summed E-state index contributed by atoms with van der Waals surface area (Å²) in [6.45, 7) is 4.18. The molecule has 0 saturated carbocycles. The zero-order valence-electron chi connectivity index (χ0n) is 13.0. The second-order valence-corrected chi connectivity index (χ2v) is 5.18. The molecule has 0 unspecified atom stereocenters. The minimum atomic E-state index is 0.831. The van der Waals surface area contributed by atoms with Gasteiger partial charge in [0.25, 0.3) is 0 Å². The molecule has 2 N–H and O–H groups in total. The Hall–Kier alpha value is -3.07. The summed E-state index contributed by atoms with van der Waals surface area (Å²) in [5.41, 5.74) is 8.26. The van der Waals surface area contributed by atoms with Crippen LogP contribution < -0.4 is 20.9 Å². The smallest absolute Gasteiger partial charge is 0.118 e. The Morgan fingerprint density at radius 2 is 1.78 bits per heavy atom. The zero-order chi connectivity index (χ0) is 16.2. The van der Waals surface area contributed by atoms with Gasteiger partial charge in [0, 0.05) is 16.2 Å². The fourth-order valence-corrected chi connectivity index (χ4v) is 2.50. The molecule has 0 spiro atoms. The number of benzene rings is 2. The molecule has 0 amide bonds. The molecule has 0 aliphatic rings. The SMILES string of the molecule is C=c1/c(=C\C=C/N)ccc2ccc(-c3ccc(OC)cc3)nc12. The van der Waals surface area contributed by atoms with Crippen LogP contribution in [0, 0.1) is 0 Å². The first-order valence-corrected chi connectivity index (χ1v) is 7.34. The number of methoxy groups -OCH3 is 1. The second-order valence-electron chi connectivity index (χ2n) is 5.18. The largest absolute Gasteiger partial charge is 0.497 e. The van der Waals surface area contributed by atoms with Gasteiger partial charge in [0.1, 0.15) is 5.75 Å². The first-order valence-electron chi connectivity index (χ1n) is 7.34. The minimum Gasteiger partial charge on any atom is -0.497 e. The normalized spacial score (nSPS) is 12.1. The van der Waals surface area contributed by atoms with Gasteiger partial charge in [-0.05, 0) is 47.8 Å². The topological polar surface area (TPSA) is 48.1 Å². The van der Waals surface area contributed by atoms with Crippen LogP contribution in [-0.4, -0.2) is 12.1 Å². The van der Waals surface area contributed by atoms with Crippen LogP contribution in [0.2, 0.25) is 0 Å². The van der Waals surface area contributed by atoms with Gasteiger partial charge in [0.05, 0.1) is 18.3 Å². The summed E-state index contributed by atoms with van der Waals surface area (Å²) < 4.78 is 5.20. The summed E-state index contributed by atoms with van der Waals surface area (Å²) in [6.07, 6.45) is 5.23. The highest BCUT2D eigenvalue weighted by Crippen LogP contribution is 2.22. The third-order valence-electron chi connectivity index (χ3n) is 3.78. The average molecular weight is 302 g/mol.